The highest BCUT2D eigenvalue weighted by atomic mass is 19.4. The van der Waals surface area contributed by atoms with Crippen LogP contribution in [0.3, 0.4) is 0 Å². The van der Waals surface area contributed by atoms with Crippen molar-refractivity contribution in [3.05, 3.63) is 48.2 Å². The highest BCUT2D eigenvalue weighted by Crippen LogP contribution is 2.55. The molecule has 10 rings (SSSR count). The predicted octanol–water partition coefficient (Wildman–Crippen LogP) is 6.59. The SMILES string of the molecule is C=CC(=O)N1CC2(CCN(c3nc(N4CC5(CC(N6CCC6)C5)C4)nc4c(OCC(F)(F)F)c(-c5c(C)ccc6[nH]ncc56)c(C5CC5)cc34)CC2)C1. The largest absolute Gasteiger partial charge is 0.481 e. The number of fused-ring (bicyclic) bond motifs is 2. The van der Waals surface area contributed by atoms with Crippen molar-refractivity contribution in [1.29, 1.82) is 0 Å². The number of nitrogens with zero attached hydrogens (tertiary/aromatic N) is 7. The van der Waals surface area contributed by atoms with E-state index in [0.29, 0.717) is 23.1 Å². The summed E-state index contributed by atoms with van der Waals surface area (Å²) in [7, 11) is 0. The molecule has 278 valence electrons. The van der Waals surface area contributed by atoms with Gasteiger partial charge in [-0.15, -0.1) is 0 Å². The molecule has 1 N–H and O–H groups in total. The normalized spacial score (nSPS) is 22.5. The molecule has 1 amide bonds. The number of rotatable bonds is 8. The molecule has 13 heteroatoms. The number of nitrogens with one attached hydrogen (secondary N) is 1. The third kappa shape index (κ3) is 5.55. The molecule has 0 radical (unpaired) electrons. The summed E-state index contributed by atoms with van der Waals surface area (Å²) in [4.78, 5) is 31.7. The average molecular weight is 727 g/mol. The molecule has 10 nitrogen and oxygen atoms in total. The molecule has 2 spiro atoms. The van der Waals surface area contributed by atoms with E-state index in [9.17, 15) is 18.0 Å². The van der Waals surface area contributed by atoms with E-state index in [0.717, 1.165) is 104 Å². The van der Waals surface area contributed by atoms with Gasteiger partial charge >= 0.3 is 6.18 Å². The maximum atomic E-state index is 14.1. The molecule has 0 unspecified atom stereocenters. The van der Waals surface area contributed by atoms with Crippen molar-refractivity contribution < 1.29 is 22.7 Å². The van der Waals surface area contributed by atoms with E-state index in [1.807, 2.05) is 24.0 Å². The number of ether oxygens (including phenoxy) is 1. The van der Waals surface area contributed by atoms with Gasteiger partial charge in [0.05, 0.1) is 11.7 Å². The lowest BCUT2D eigenvalue weighted by atomic mass is 9.60. The van der Waals surface area contributed by atoms with E-state index in [-0.39, 0.29) is 28.4 Å². The number of hydrogen-bond donors (Lipinski definition) is 1. The number of hydrogen-bond acceptors (Lipinski definition) is 8. The van der Waals surface area contributed by atoms with Crippen LogP contribution < -0.4 is 14.5 Å². The third-order valence-electron chi connectivity index (χ3n) is 13.2. The van der Waals surface area contributed by atoms with Crippen molar-refractivity contribution >= 4 is 39.5 Å². The van der Waals surface area contributed by atoms with E-state index in [4.69, 9.17) is 14.7 Å². The summed E-state index contributed by atoms with van der Waals surface area (Å²) in [5, 5.41) is 8.94. The number of aromatic amines is 1. The van der Waals surface area contributed by atoms with Gasteiger partial charge in [-0.25, -0.2) is 4.98 Å². The van der Waals surface area contributed by atoms with Gasteiger partial charge in [0.25, 0.3) is 0 Å². The molecule has 6 heterocycles. The zero-order valence-electron chi connectivity index (χ0n) is 30.1. The van der Waals surface area contributed by atoms with E-state index in [1.54, 1.807) is 6.20 Å². The van der Waals surface area contributed by atoms with Gasteiger partial charge in [0, 0.05) is 72.5 Å². The molecule has 4 aromatic rings. The Labute approximate surface area is 306 Å². The number of aryl methyl sites for hydroxylation is 1. The van der Waals surface area contributed by atoms with Crippen LogP contribution in [-0.4, -0.2) is 107 Å². The molecular formula is C40H45F3N8O2. The number of carbonyl (C=O) groups is 1. The number of benzene rings is 2. The number of anilines is 2. The highest BCUT2D eigenvalue weighted by molar-refractivity contribution is 6.06. The van der Waals surface area contributed by atoms with Crippen LogP contribution in [0.2, 0.25) is 0 Å². The maximum absolute atomic E-state index is 14.1. The lowest BCUT2D eigenvalue weighted by Gasteiger charge is -2.62. The minimum absolute atomic E-state index is 0.0318. The minimum atomic E-state index is -4.54. The molecular weight excluding hydrogens is 681 g/mol. The van der Waals surface area contributed by atoms with Crippen molar-refractivity contribution in [1.82, 2.24) is 30.0 Å². The zero-order chi connectivity index (χ0) is 36.3. The number of amides is 1. The fourth-order valence-corrected chi connectivity index (χ4v) is 9.96. The monoisotopic (exact) mass is 726 g/mol. The summed E-state index contributed by atoms with van der Waals surface area (Å²) in [5.74, 6) is 1.65. The zero-order valence-corrected chi connectivity index (χ0v) is 30.1. The Morgan fingerprint density at radius 3 is 2.42 bits per heavy atom. The van der Waals surface area contributed by atoms with Crippen LogP contribution in [-0.2, 0) is 4.79 Å². The summed E-state index contributed by atoms with van der Waals surface area (Å²) in [6, 6.07) is 6.75. The quantitative estimate of drug-likeness (QED) is 0.204. The number of carbonyl (C=O) groups excluding carboxylic acids is 1. The maximum Gasteiger partial charge on any atom is 0.422 e. The molecule has 2 aromatic heterocycles. The lowest BCUT2D eigenvalue weighted by Crippen LogP contribution is -2.68. The summed E-state index contributed by atoms with van der Waals surface area (Å²) in [5.41, 5.74) is 4.97. The number of aromatic nitrogens is 4. The van der Waals surface area contributed by atoms with Crippen LogP contribution in [0.5, 0.6) is 5.75 Å². The molecule has 4 saturated heterocycles. The Kier molecular flexibility index (Phi) is 7.39. The van der Waals surface area contributed by atoms with Crippen LogP contribution in [0, 0.1) is 17.8 Å². The molecule has 0 atom stereocenters. The summed E-state index contributed by atoms with van der Waals surface area (Å²) >= 11 is 0. The first kappa shape index (κ1) is 33.2. The number of likely N-dealkylation sites (tertiary alicyclic amines) is 2. The van der Waals surface area contributed by atoms with Gasteiger partial charge in [-0.1, -0.05) is 12.6 Å². The fraction of sp³-hybridized carbons (Fsp3) is 0.550. The Morgan fingerprint density at radius 1 is 1.00 bits per heavy atom. The van der Waals surface area contributed by atoms with Crippen molar-refractivity contribution in [2.75, 3.05) is 68.8 Å². The number of halogens is 3. The van der Waals surface area contributed by atoms with E-state index < -0.39 is 12.8 Å². The number of piperidine rings is 1. The average Bonchev–Trinajstić information content (AvgIpc) is 3.80. The number of H-pyrrole nitrogens is 1. The van der Waals surface area contributed by atoms with Gasteiger partial charge in [-0.3, -0.25) is 9.89 Å². The molecule has 53 heavy (non-hydrogen) atoms. The molecule has 4 aliphatic heterocycles. The second-order valence-corrected chi connectivity index (χ2v) is 16.9. The van der Waals surface area contributed by atoms with Crippen molar-refractivity contribution in [2.45, 2.75) is 70.0 Å². The standard InChI is InChI=1S/C40H45F3N8O2/c1-3-31(52)50-19-38(20-50)9-13-49(14-10-38)36-28-15-27(25-6-7-25)33(32-24(2)5-8-30-29(32)18-44-47-30)35(53-23-40(41,42)43)34(28)45-37(46-36)51-21-39(22-51)16-26(17-39)48-11-4-12-48/h3,5,8,15,18,25-26H,1,4,6-7,9-14,16-17,19-23H2,2H3,(H,44,47). The topological polar surface area (TPSA) is 93.7 Å². The van der Waals surface area contributed by atoms with Gasteiger partial charge in [-0.2, -0.15) is 23.3 Å². The molecule has 6 aliphatic rings. The molecule has 2 saturated carbocycles. The summed E-state index contributed by atoms with van der Waals surface area (Å²) in [6.07, 6.45) is 5.91. The highest BCUT2D eigenvalue weighted by Gasteiger charge is 2.55. The second-order valence-electron chi connectivity index (χ2n) is 16.9. The summed E-state index contributed by atoms with van der Waals surface area (Å²) < 4.78 is 48.3. The Hall–Kier alpha value is -4.39. The van der Waals surface area contributed by atoms with Crippen LogP contribution >= 0.6 is 0 Å². The van der Waals surface area contributed by atoms with E-state index >= 15 is 0 Å². The van der Waals surface area contributed by atoms with Gasteiger partial charge in [0.1, 0.15) is 11.3 Å². The third-order valence-corrected chi connectivity index (χ3v) is 13.2. The molecule has 0 bridgehead atoms. The number of alkyl halides is 3. The molecule has 2 aliphatic carbocycles. The van der Waals surface area contributed by atoms with Crippen LogP contribution in [0.25, 0.3) is 32.9 Å². The van der Waals surface area contributed by atoms with E-state index in [1.165, 1.54) is 38.4 Å². The van der Waals surface area contributed by atoms with Crippen LogP contribution in [0.4, 0.5) is 24.9 Å². The molecule has 2 aromatic carbocycles. The predicted molar refractivity (Wildman–Crippen MR) is 197 cm³/mol. The first-order valence-corrected chi connectivity index (χ1v) is 19.2. The first-order valence-electron chi connectivity index (χ1n) is 19.2. The Balaban J connectivity index is 1.10. The van der Waals surface area contributed by atoms with Crippen molar-refractivity contribution in [2.24, 2.45) is 10.8 Å². The van der Waals surface area contributed by atoms with E-state index in [2.05, 4.69) is 37.5 Å². The van der Waals surface area contributed by atoms with Gasteiger partial charge in [0.15, 0.2) is 12.4 Å². The van der Waals surface area contributed by atoms with Crippen molar-refractivity contribution in [3.63, 3.8) is 0 Å². The van der Waals surface area contributed by atoms with Gasteiger partial charge in [0.2, 0.25) is 11.9 Å². The minimum Gasteiger partial charge on any atom is -0.481 e. The smallest absolute Gasteiger partial charge is 0.422 e. The van der Waals surface area contributed by atoms with Crippen LogP contribution in [0.15, 0.2) is 37.1 Å². The van der Waals surface area contributed by atoms with Crippen LogP contribution in [0.1, 0.15) is 62.0 Å². The Bertz CT molecular complexity index is 2130. The molecule has 6 fully saturated rings. The first-order chi connectivity index (χ1) is 25.5. The van der Waals surface area contributed by atoms with Gasteiger partial charge in [-0.05, 0) is 106 Å². The second kappa shape index (κ2) is 11.8. The summed E-state index contributed by atoms with van der Waals surface area (Å²) in [6.45, 7) is 11.2. The van der Waals surface area contributed by atoms with Crippen molar-refractivity contribution in [3.8, 4) is 16.9 Å². The fourth-order valence-electron chi connectivity index (χ4n) is 9.96. The van der Waals surface area contributed by atoms with Gasteiger partial charge < -0.3 is 24.3 Å². The Morgan fingerprint density at radius 2 is 1.75 bits per heavy atom. The lowest BCUT2D eigenvalue weighted by molar-refractivity contribution is -0.153.